The van der Waals surface area contributed by atoms with E-state index in [2.05, 4.69) is 33.9 Å². The van der Waals surface area contributed by atoms with Gasteiger partial charge in [0.25, 0.3) is 10.1 Å². The minimum atomic E-state index is -4.49. The van der Waals surface area contributed by atoms with Gasteiger partial charge in [0.15, 0.2) is 0 Å². The molecule has 35 heavy (non-hydrogen) atoms. The lowest BCUT2D eigenvalue weighted by Crippen LogP contribution is -2.03. The summed E-state index contributed by atoms with van der Waals surface area (Å²) in [7, 11) is -4.49. The molecule has 0 fully saturated rings. The number of azo groups is 1. The summed E-state index contributed by atoms with van der Waals surface area (Å²) in [6.07, 6.45) is 3.28. The average Bonchev–Trinajstić information content (AvgIpc) is 2.85. The number of benzene rings is 3. The average molecular weight is 495 g/mol. The van der Waals surface area contributed by atoms with E-state index in [-0.39, 0.29) is 28.5 Å². The molecule has 0 bridgehead atoms. The van der Waals surface area contributed by atoms with E-state index in [1.807, 2.05) is 0 Å². The van der Waals surface area contributed by atoms with Crippen LogP contribution in [0.25, 0.3) is 0 Å². The highest BCUT2D eigenvalue weighted by molar-refractivity contribution is 7.85. The van der Waals surface area contributed by atoms with Gasteiger partial charge in [-0.15, -0.1) is 10.2 Å². The Balaban J connectivity index is 0.00000100. The Bertz CT molecular complexity index is 1360. The van der Waals surface area contributed by atoms with Crippen molar-refractivity contribution in [1.29, 1.82) is 0 Å². The number of aromatic carboxylic acids is 1. The summed E-state index contributed by atoms with van der Waals surface area (Å²) < 4.78 is 31.8. The Hall–Kier alpha value is -4.61. The first kappa shape index (κ1) is 26.6. The molecular weight excluding hydrogens is 472 g/mol. The fourth-order valence-electron chi connectivity index (χ4n) is 2.45. The monoisotopic (exact) mass is 494 g/mol. The number of aromatic hydroxyl groups is 1. The third-order valence-corrected chi connectivity index (χ3v) is 4.98. The van der Waals surface area contributed by atoms with Crippen LogP contribution >= 0.6 is 0 Å². The second kappa shape index (κ2) is 12.6. The first-order valence-corrected chi connectivity index (χ1v) is 11.3. The highest BCUT2D eigenvalue weighted by Crippen LogP contribution is 2.26. The zero-order chi connectivity index (χ0) is 25.8. The number of carboxylic acid groups (broad SMARTS) is 1. The number of rotatable bonds is 7. The van der Waals surface area contributed by atoms with Crippen molar-refractivity contribution in [1.82, 2.24) is 0 Å². The van der Waals surface area contributed by atoms with Gasteiger partial charge in [-0.2, -0.15) is 13.5 Å². The highest BCUT2D eigenvalue weighted by Gasteiger charge is 2.13. The van der Waals surface area contributed by atoms with Gasteiger partial charge in [-0.25, -0.2) is 4.79 Å². The molecule has 10 nitrogen and oxygen atoms in total. The topological polar surface area (TPSA) is 161 Å². The molecule has 0 saturated heterocycles. The summed E-state index contributed by atoms with van der Waals surface area (Å²) in [5.74, 6) is -1.47. The predicted molar refractivity (Wildman–Crippen MR) is 133 cm³/mol. The van der Waals surface area contributed by atoms with Gasteiger partial charge in [0, 0.05) is 5.56 Å². The van der Waals surface area contributed by atoms with Crippen LogP contribution in [0.15, 0.2) is 118 Å². The van der Waals surface area contributed by atoms with Crippen molar-refractivity contribution >= 4 is 33.3 Å². The summed E-state index contributed by atoms with van der Waals surface area (Å²) in [6, 6.07) is 17.7. The standard InChI is InChI=1S/C20H16N4O6S.C4H6/c25-18-11-10-14(31(28,29)30)12-17(18)22-24-19(13-6-2-1-3-7-13)23-21-16-9-5-4-8-15(16)20(26)27;1-3-4-2/h1-12,22,25H,(H,26,27)(H,28,29,30);3-4H,1-2H2. The molecule has 0 aliphatic heterocycles. The fraction of sp³-hybridized carbons (Fsp3) is 0. The van der Waals surface area contributed by atoms with Crippen molar-refractivity contribution in [2.45, 2.75) is 4.90 Å². The number of hydrogen-bond acceptors (Lipinski definition) is 7. The molecule has 0 aromatic heterocycles. The molecular formula is C24H22N4O6S. The lowest BCUT2D eigenvalue weighted by Gasteiger charge is -2.07. The van der Waals surface area contributed by atoms with E-state index in [0.717, 1.165) is 18.2 Å². The SMILES string of the molecule is C=CC=C.O=C(O)c1ccccc1N=NC(=NNc1cc(S(=O)(=O)O)ccc1O)c1ccccc1. The number of nitrogens with one attached hydrogen (secondary N) is 1. The predicted octanol–water partition coefficient (Wildman–Crippen LogP) is 5.25. The van der Waals surface area contributed by atoms with E-state index < -0.39 is 21.0 Å². The Morgan fingerprint density at radius 3 is 2.17 bits per heavy atom. The minimum absolute atomic E-state index is 0.0254. The number of allylic oxidation sites excluding steroid dienone is 2. The van der Waals surface area contributed by atoms with Crippen LogP contribution in [-0.4, -0.2) is 35.0 Å². The molecule has 0 aliphatic rings. The second-order valence-corrected chi connectivity index (χ2v) is 7.98. The first-order valence-electron chi connectivity index (χ1n) is 9.84. The second-order valence-electron chi connectivity index (χ2n) is 6.56. The van der Waals surface area contributed by atoms with Crippen LogP contribution in [0.4, 0.5) is 11.4 Å². The quantitative estimate of drug-likeness (QED) is 0.0663. The maximum Gasteiger partial charge on any atom is 0.337 e. The van der Waals surface area contributed by atoms with E-state index in [9.17, 15) is 28.0 Å². The van der Waals surface area contributed by atoms with Gasteiger partial charge in [0.2, 0.25) is 5.84 Å². The molecule has 0 atom stereocenters. The van der Waals surface area contributed by atoms with E-state index in [0.29, 0.717) is 5.56 Å². The van der Waals surface area contributed by atoms with Gasteiger partial charge in [-0.3, -0.25) is 9.98 Å². The molecule has 180 valence electrons. The molecule has 0 radical (unpaired) electrons. The van der Waals surface area contributed by atoms with Crippen molar-refractivity contribution in [3.05, 3.63) is 109 Å². The van der Waals surface area contributed by atoms with Gasteiger partial charge < -0.3 is 10.2 Å². The number of hydrogen-bond donors (Lipinski definition) is 4. The maximum absolute atomic E-state index is 11.4. The normalized spacial score (nSPS) is 11.3. The van der Waals surface area contributed by atoms with E-state index in [1.165, 1.54) is 12.1 Å². The summed E-state index contributed by atoms with van der Waals surface area (Å²) in [5, 5.41) is 31.3. The lowest BCUT2D eigenvalue weighted by atomic mass is 10.2. The number of phenols is 1. The van der Waals surface area contributed by atoms with Gasteiger partial charge >= 0.3 is 5.97 Å². The van der Waals surface area contributed by atoms with Crippen LogP contribution < -0.4 is 5.43 Å². The smallest absolute Gasteiger partial charge is 0.337 e. The van der Waals surface area contributed by atoms with Crippen molar-refractivity contribution in [2.75, 3.05) is 5.43 Å². The fourth-order valence-corrected chi connectivity index (χ4v) is 2.96. The summed E-state index contributed by atoms with van der Waals surface area (Å²) in [5.41, 5.74) is 2.95. The maximum atomic E-state index is 11.4. The molecule has 3 aromatic carbocycles. The number of carbonyl (C=O) groups is 1. The van der Waals surface area contributed by atoms with Gasteiger partial charge in [-0.1, -0.05) is 67.8 Å². The Labute approximate surface area is 202 Å². The molecule has 0 heterocycles. The third kappa shape index (κ3) is 8.03. The van der Waals surface area contributed by atoms with E-state index in [4.69, 9.17) is 0 Å². The largest absolute Gasteiger partial charge is 0.506 e. The molecule has 0 saturated carbocycles. The van der Waals surface area contributed by atoms with Crippen molar-refractivity contribution in [3.63, 3.8) is 0 Å². The van der Waals surface area contributed by atoms with Crippen LogP contribution in [-0.2, 0) is 10.1 Å². The number of hydrazone groups is 1. The van der Waals surface area contributed by atoms with E-state index in [1.54, 1.807) is 54.6 Å². The zero-order valence-electron chi connectivity index (χ0n) is 18.3. The molecule has 3 rings (SSSR count). The molecule has 0 aliphatic carbocycles. The number of phenolic OH excluding ortho intramolecular Hbond substituents is 1. The van der Waals surface area contributed by atoms with E-state index >= 15 is 0 Å². The summed E-state index contributed by atoms with van der Waals surface area (Å²) >= 11 is 0. The van der Waals surface area contributed by atoms with Crippen molar-refractivity contribution < 1.29 is 28.0 Å². The molecule has 0 spiro atoms. The van der Waals surface area contributed by atoms with Crippen LogP contribution in [0.1, 0.15) is 15.9 Å². The Morgan fingerprint density at radius 2 is 1.57 bits per heavy atom. The molecule has 4 N–H and O–H groups in total. The molecule has 0 amide bonds. The minimum Gasteiger partial charge on any atom is -0.506 e. The number of nitrogens with zero attached hydrogens (tertiary/aromatic N) is 3. The number of carboxylic acids is 1. The third-order valence-electron chi connectivity index (χ3n) is 4.13. The number of amidine groups is 1. The lowest BCUT2D eigenvalue weighted by molar-refractivity contribution is 0.0697. The van der Waals surface area contributed by atoms with Gasteiger partial charge in [-0.05, 0) is 30.3 Å². The van der Waals surface area contributed by atoms with Crippen LogP contribution in [0.3, 0.4) is 0 Å². The molecule has 11 heteroatoms. The molecule has 0 unspecified atom stereocenters. The van der Waals surface area contributed by atoms with Crippen LogP contribution in [0.5, 0.6) is 5.75 Å². The van der Waals surface area contributed by atoms with Gasteiger partial charge in [0.05, 0.1) is 16.1 Å². The Morgan fingerprint density at radius 1 is 0.943 bits per heavy atom. The zero-order valence-corrected chi connectivity index (χ0v) is 19.1. The van der Waals surface area contributed by atoms with Crippen LogP contribution in [0.2, 0.25) is 0 Å². The van der Waals surface area contributed by atoms with Gasteiger partial charge in [0.1, 0.15) is 11.4 Å². The van der Waals surface area contributed by atoms with Crippen molar-refractivity contribution in [3.8, 4) is 5.75 Å². The summed E-state index contributed by atoms with van der Waals surface area (Å²) in [6.45, 7) is 6.72. The Kier molecular flexibility index (Phi) is 9.58. The highest BCUT2D eigenvalue weighted by atomic mass is 32.2. The molecule has 3 aromatic rings. The van der Waals surface area contributed by atoms with Crippen LogP contribution in [0, 0.1) is 0 Å². The van der Waals surface area contributed by atoms with Crippen molar-refractivity contribution in [2.24, 2.45) is 15.3 Å². The number of anilines is 1. The summed E-state index contributed by atoms with van der Waals surface area (Å²) in [4.78, 5) is 10.9. The first-order chi connectivity index (χ1) is 16.7.